The maximum atomic E-state index is 13.3. The molecule has 0 unspecified atom stereocenters. The fourth-order valence-electron chi connectivity index (χ4n) is 4.31. The molecule has 0 spiro atoms. The average molecular weight is 583 g/mol. The second-order valence-corrected chi connectivity index (χ2v) is 10.2. The lowest BCUT2D eigenvalue weighted by atomic mass is 10.0. The van der Waals surface area contributed by atoms with Crippen LogP contribution in [0.5, 0.6) is 5.75 Å². The minimum atomic E-state index is -4.47. The molecule has 2 aromatic carbocycles. The number of rotatable bonds is 8. The summed E-state index contributed by atoms with van der Waals surface area (Å²) in [6.45, 7) is 3.57. The van der Waals surface area contributed by atoms with Crippen LogP contribution < -0.4 is 15.4 Å². The van der Waals surface area contributed by atoms with Crippen molar-refractivity contribution in [3.05, 3.63) is 53.8 Å². The van der Waals surface area contributed by atoms with Gasteiger partial charge in [0.05, 0.1) is 32.0 Å². The van der Waals surface area contributed by atoms with Crippen molar-refractivity contribution < 1.29 is 41.8 Å². The van der Waals surface area contributed by atoms with Crippen molar-refractivity contribution in [1.29, 1.82) is 0 Å². The van der Waals surface area contributed by atoms with Gasteiger partial charge in [0.2, 0.25) is 11.8 Å². The van der Waals surface area contributed by atoms with E-state index in [-0.39, 0.29) is 43.6 Å². The van der Waals surface area contributed by atoms with Crippen molar-refractivity contribution in [3.8, 4) is 5.75 Å². The summed E-state index contributed by atoms with van der Waals surface area (Å²) in [5.41, 5.74) is 0.986. The van der Waals surface area contributed by atoms with E-state index in [0.717, 1.165) is 0 Å². The number of benzene rings is 2. The molecule has 0 aromatic heterocycles. The maximum absolute atomic E-state index is 13.3. The van der Waals surface area contributed by atoms with Gasteiger partial charge in [-0.15, -0.1) is 0 Å². The summed E-state index contributed by atoms with van der Waals surface area (Å²) in [7, 11) is 1.56. The van der Waals surface area contributed by atoms with Gasteiger partial charge in [-0.25, -0.2) is 9.18 Å². The number of halogens is 4. The Bertz CT molecular complexity index is 1220. The molecule has 0 aliphatic carbocycles. The smallest absolute Gasteiger partial charge is 0.389 e. The number of hydrogen-bond acceptors (Lipinski definition) is 5. The van der Waals surface area contributed by atoms with E-state index in [2.05, 4.69) is 10.6 Å². The number of amides is 4. The number of hydrogen-bond donors (Lipinski definition) is 3. The van der Waals surface area contributed by atoms with Crippen molar-refractivity contribution in [1.82, 2.24) is 9.80 Å². The minimum Gasteiger partial charge on any atom is -0.488 e. The molecular formula is C28H34F4N4O5. The number of nitrogens with one attached hydrogen (secondary N) is 2. The van der Waals surface area contributed by atoms with Crippen molar-refractivity contribution in [2.24, 2.45) is 5.92 Å². The molecule has 3 rings (SSSR count). The number of urea groups is 1. The quantitative estimate of drug-likeness (QED) is 0.399. The molecule has 2 aromatic rings. The predicted molar refractivity (Wildman–Crippen MR) is 144 cm³/mol. The van der Waals surface area contributed by atoms with Gasteiger partial charge >= 0.3 is 12.2 Å². The van der Waals surface area contributed by atoms with E-state index < -0.39 is 48.9 Å². The lowest BCUT2D eigenvalue weighted by Crippen LogP contribution is -2.48. The van der Waals surface area contributed by atoms with Gasteiger partial charge in [0.1, 0.15) is 17.7 Å². The maximum Gasteiger partial charge on any atom is 0.389 e. The molecule has 1 heterocycles. The predicted octanol–water partition coefficient (Wildman–Crippen LogP) is 4.42. The summed E-state index contributed by atoms with van der Waals surface area (Å²) in [5, 5.41) is 14.9. The molecule has 3 atom stereocenters. The number of fused-ring (bicyclic) bond motifs is 1. The largest absolute Gasteiger partial charge is 0.488 e. The Morgan fingerprint density at radius 1 is 1.15 bits per heavy atom. The molecule has 4 amide bonds. The Hall–Kier alpha value is -3.87. The number of likely N-dealkylation sites (N-methyl/N-ethyl adjacent to an activating group) is 1. The van der Waals surface area contributed by atoms with Gasteiger partial charge in [-0.2, -0.15) is 13.2 Å². The highest BCUT2D eigenvalue weighted by Gasteiger charge is 2.32. The van der Waals surface area contributed by atoms with E-state index in [0.29, 0.717) is 17.0 Å². The van der Waals surface area contributed by atoms with Crippen LogP contribution in [0, 0.1) is 11.7 Å². The summed E-state index contributed by atoms with van der Waals surface area (Å²) in [4.78, 5) is 41.1. The van der Waals surface area contributed by atoms with Crippen LogP contribution in [-0.4, -0.2) is 77.8 Å². The van der Waals surface area contributed by atoms with Crippen LogP contribution in [0.25, 0.3) is 0 Å². The molecule has 0 fully saturated rings. The summed E-state index contributed by atoms with van der Waals surface area (Å²) in [6.07, 6.45) is -7.25. The SMILES string of the molecule is C[C@H](CO)N1C[C@H](C)[C@@H](CN(C)C(=O)Nc2ccc(F)cc2)Oc2ccc(NC(=O)CCC(F)(F)F)cc2CC1=O. The van der Waals surface area contributed by atoms with Crippen LogP contribution in [-0.2, 0) is 16.0 Å². The van der Waals surface area contributed by atoms with Crippen molar-refractivity contribution in [2.45, 2.75) is 51.4 Å². The second-order valence-electron chi connectivity index (χ2n) is 10.2. The molecule has 3 N–H and O–H groups in total. The van der Waals surface area contributed by atoms with Gasteiger partial charge in [-0.3, -0.25) is 9.59 Å². The number of aliphatic hydroxyl groups is 1. The van der Waals surface area contributed by atoms with Gasteiger partial charge in [-0.1, -0.05) is 6.92 Å². The lowest BCUT2D eigenvalue weighted by molar-refractivity contribution is -0.142. The molecular weight excluding hydrogens is 548 g/mol. The zero-order chi connectivity index (χ0) is 30.3. The first-order valence-electron chi connectivity index (χ1n) is 13.1. The monoisotopic (exact) mass is 582 g/mol. The number of carbonyl (C=O) groups excluding carboxylic acids is 3. The fraction of sp³-hybridized carbons (Fsp3) is 0.464. The van der Waals surface area contributed by atoms with Gasteiger partial charge in [0.15, 0.2) is 0 Å². The number of ether oxygens (including phenoxy) is 1. The summed E-state index contributed by atoms with van der Waals surface area (Å²) < 4.78 is 57.1. The Morgan fingerprint density at radius 2 is 1.80 bits per heavy atom. The van der Waals surface area contributed by atoms with Gasteiger partial charge < -0.3 is 30.3 Å². The number of nitrogens with zero attached hydrogens (tertiary/aromatic N) is 2. The van der Waals surface area contributed by atoms with Crippen LogP contribution in [0.3, 0.4) is 0 Å². The zero-order valence-electron chi connectivity index (χ0n) is 23.0. The van der Waals surface area contributed by atoms with Crippen LogP contribution in [0.1, 0.15) is 32.3 Å². The van der Waals surface area contributed by atoms with Crippen molar-refractivity contribution >= 4 is 29.2 Å². The third-order valence-corrected chi connectivity index (χ3v) is 6.73. The summed E-state index contributed by atoms with van der Waals surface area (Å²) in [5.74, 6) is -1.57. The summed E-state index contributed by atoms with van der Waals surface area (Å²) >= 11 is 0. The number of aliphatic hydroxyl groups excluding tert-OH is 1. The zero-order valence-corrected chi connectivity index (χ0v) is 23.0. The third kappa shape index (κ3) is 9.34. The van der Waals surface area contributed by atoms with Crippen LogP contribution in [0.4, 0.5) is 33.7 Å². The topological polar surface area (TPSA) is 111 Å². The highest BCUT2D eigenvalue weighted by Crippen LogP contribution is 2.30. The third-order valence-electron chi connectivity index (χ3n) is 6.73. The Morgan fingerprint density at radius 3 is 2.44 bits per heavy atom. The fourth-order valence-corrected chi connectivity index (χ4v) is 4.31. The van der Waals surface area contributed by atoms with E-state index in [4.69, 9.17) is 4.74 Å². The molecule has 0 saturated carbocycles. The van der Waals surface area contributed by atoms with Gasteiger partial charge in [0, 0.05) is 42.9 Å². The number of alkyl halides is 3. The molecule has 1 aliphatic heterocycles. The van der Waals surface area contributed by atoms with Gasteiger partial charge in [0.25, 0.3) is 0 Å². The molecule has 9 nitrogen and oxygen atoms in total. The van der Waals surface area contributed by atoms with E-state index in [9.17, 15) is 37.1 Å². The first kappa shape index (κ1) is 31.7. The summed E-state index contributed by atoms with van der Waals surface area (Å²) in [6, 6.07) is 8.76. The van der Waals surface area contributed by atoms with Gasteiger partial charge in [-0.05, 0) is 49.4 Å². The molecule has 0 bridgehead atoms. The minimum absolute atomic E-state index is 0.0963. The first-order chi connectivity index (χ1) is 19.3. The van der Waals surface area contributed by atoms with E-state index in [1.807, 2.05) is 6.92 Å². The van der Waals surface area contributed by atoms with E-state index >= 15 is 0 Å². The normalized spacial score (nSPS) is 18.2. The molecule has 1 aliphatic rings. The Labute approximate surface area is 235 Å². The molecule has 41 heavy (non-hydrogen) atoms. The number of anilines is 2. The van der Waals surface area contributed by atoms with Crippen LogP contribution in [0.15, 0.2) is 42.5 Å². The Kier molecular flexibility index (Phi) is 10.5. The second kappa shape index (κ2) is 13.7. The average Bonchev–Trinajstić information content (AvgIpc) is 2.95. The standard InChI is InChI=1S/C28H34F4N4O5/c1-17-14-36(18(2)16-37)26(39)13-19-12-22(33-25(38)10-11-28(30,31)32)8-9-23(19)41-24(17)15-35(3)27(40)34-21-6-4-20(29)5-7-21/h4-9,12,17-18,24,37H,10-11,13-16H2,1-3H3,(H,33,38)(H,34,40)/t17-,18+,24+/m0/s1. The molecule has 224 valence electrons. The highest BCUT2D eigenvalue weighted by molar-refractivity contribution is 5.91. The molecule has 13 heteroatoms. The van der Waals surface area contributed by atoms with Crippen molar-refractivity contribution in [2.75, 3.05) is 37.4 Å². The van der Waals surface area contributed by atoms with E-state index in [1.165, 1.54) is 52.3 Å². The highest BCUT2D eigenvalue weighted by atomic mass is 19.4. The first-order valence-corrected chi connectivity index (χ1v) is 13.1. The molecule has 0 radical (unpaired) electrons. The van der Waals surface area contributed by atoms with Crippen molar-refractivity contribution in [3.63, 3.8) is 0 Å². The number of carbonyl (C=O) groups is 3. The molecule has 0 saturated heterocycles. The Balaban J connectivity index is 1.84. The van der Waals surface area contributed by atoms with Crippen LogP contribution >= 0.6 is 0 Å². The van der Waals surface area contributed by atoms with E-state index in [1.54, 1.807) is 14.0 Å². The van der Waals surface area contributed by atoms with Crippen LogP contribution in [0.2, 0.25) is 0 Å². The lowest BCUT2D eigenvalue weighted by Gasteiger charge is -2.34.